The molecular formula is C15H21N5O. The van der Waals surface area contributed by atoms with Gasteiger partial charge in [-0.3, -0.25) is 14.4 Å². The lowest BCUT2D eigenvalue weighted by molar-refractivity contribution is 0.214. The van der Waals surface area contributed by atoms with Crippen LogP contribution in [-0.2, 0) is 13.1 Å². The Morgan fingerprint density at radius 2 is 2.24 bits per heavy atom. The van der Waals surface area contributed by atoms with Gasteiger partial charge in [-0.25, -0.2) is 4.68 Å². The lowest BCUT2D eigenvalue weighted by Gasteiger charge is -2.24. The van der Waals surface area contributed by atoms with Crippen LogP contribution in [0.3, 0.4) is 0 Å². The second-order valence-corrected chi connectivity index (χ2v) is 5.66. The molecule has 1 unspecified atom stereocenters. The zero-order valence-corrected chi connectivity index (χ0v) is 12.4. The van der Waals surface area contributed by atoms with Crippen LogP contribution in [0, 0.1) is 6.92 Å². The van der Waals surface area contributed by atoms with Gasteiger partial charge in [-0.15, -0.1) is 0 Å². The molecule has 3 heterocycles. The van der Waals surface area contributed by atoms with Gasteiger partial charge < -0.3 is 0 Å². The lowest BCUT2D eigenvalue weighted by atomic mass is 10.2. The number of rotatable bonds is 5. The molecule has 6 nitrogen and oxygen atoms in total. The first-order valence-electron chi connectivity index (χ1n) is 7.47. The Labute approximate surface area is 124 Å². The molecule has 0 spiro atoms. The third-order valence-electron chi connectivity index (χ3n) is 4.05. The van der Waals surface area contributed by atoms with Gasteiger partial charge in [0.15, 0.2) is 0 Å². The highest BCUT2D eigenvalue weighted by atomic mass is 16.1. The number of hydrogen-bond donors (Lipinski definition) is 0. The molecule has 1 saturated heterocycles. The Morgan fingerprint density at radius 1 is 1.33 bits per heavy atom. The van der Waals surface area contributed by atoms with Crippen LogP contribution in [0.5, 0.6) is 0 Å². The highest BCUT2D eigenvalue weighted by Gasteiger charge is 2.25. The standard InChI is InChI=1S/C15H21N5O/c1-13-10-17-19(11-13)9-8-18-7-3-4-14(18)12-20-15(21)5-2-6-16-20/h2,5-6,10-11,14H,3-4,7-9,12H2,1H3. The molecule has 1 aliphatic heterocycles. The second-order valence-electron chi connectivity index (χ2n) is 5.66. The normalized spacial score (nSPS) is 19.2. The molecule has 0 aliphatic carbocycles. The molecule has 0 aromatic carbocycles. The predicted octanol–water partition coefficient (Wildman–Crippen LogP) is 0.913. The number of aryl methyl sites for hydroxylation is 1. The topological polar surface area (TPSA) is 56.0 Å². The number of likely N-dealkylation sites (tertiary alicyclic amines) is 1. The molecule has 112 valence electrons. The zero-order valence-electron chi connectivity index (χ0n) is 12.4. The molecule has 2 aromatic heterocycles. The fourth-order valence-electron chi connectivity index (χ4n) is 2.94. The van der Waals surface area contributed by atoms with Crippen molar-refractivity contribution >= 4 is 0 Å². The Balaban J connectivity index is 1.60. The summed E-state index contributed by atoms with van der Waals surface area (Å²) in [6.07, 6.45) is 7.93. The minimum atomic E-state index is -0.0212. The molecule has 1 fully saturated rings. The fourth-order valence-corrected chi connectivity index (χ4v) is 2.94. The van der Waals surface area contributed by atoms with E-state index in [1.807, 2.05) is 10.9 Å². The molecule has 21 heavy (non-hydrogen) atoms. The van der Waals surface area contributed by atoms with E-state index in [-0.39, 0.29) is 5.56 Å². The molecule has 0 bridgehead atoms. The molecule has 2 aromatic rings. The summed E-state index contributed by atoms with van der Waals surface area (Å²) in [5.74, 6) is 0. The van der Waals surface area contributed by atoms with Crippen molar-refractivity contribution in [2.75, 3.05) is 13.1 Å². The van der Waals surface area contributed by atoms with E-state index in [2.05, 4.69) is 28.2 Å². The molecule has 0 saturated carbocycles. The molecule has 6 heteroatoms. The number of aromatic nitrogens is 4. The molecule has 1 aliphatic rings. The maximum Gasteiger partial charge on any atom is 0.266 e. The van der Waals surface area contributed by atoms with Gasteiger partial charge in [0, 0.05) is 31.0 Å². The third kappa shape index (κ3) is 3.39. The van der Waals surface area contributed by atoms with Crippen LogP contribution < -0.4 is 5.56 Å². The minimum absolute atomic E-state index is 0.0212. The van der Waals surface area contributed by atoms with Crippen LogP contribution in [0.15, 0.2) is 35.5 Å². The van der Waals surface area contributed by atoms with Gasteiger partial charge in [0.05, 0.1) is 19.3 Å². The largest absolute Gasteiger partial charge is 0.297 e. The first-order valence-corrected chi connectivity index (χ1v) is 7.47. The maximum atomic E-state index is 11.8. The van der Waals surface area contributed by atoms with Crippen molar-refractivity contribution < 1.29 is 0 Å². The third-order valence-corrected chi connectivity index (χ3v) is 4.05. The first-order chi connectivity index (χ1) is 10.2. The van der Waals surface area contributed by atoms with Crippen molar-refractivity contribution in [1.82, 2.24) is 24.5 Å². The van der Waals surface area contributed by atoms with Crippen LogP contribution in [0.25, 0.3) is 0 Å². The Hall–Kier alpha value is -1.95. The van der Waals surface area contributed by atoms with Crippen molar-refractivity contribution in [2.45, 2.75) is 38.9 Å². The average molecular weight is 287 g/mol. The Morgan fingerprint density at radius 3 is 3.00 bits per heavy atom. The highest BCUT2D eigenvalue weighted by molar-refractivity contribution is 4.99. The molecule has 3 rings (SSSR count). The number of nitrogens with zero attached hydrogens (tertiary/aromatic N) is 5. The van der Waals surface area contributed by atoms with Gasteiger partial charge >= 0.3 is 0 Å². The van der Waals surface area contributed by atoms with E-state index in [4.69, 9.17) is 0 Å². The fraction of sp³-hybridized carbons (Fsp3) is 0.533. The summed E-state index contributed by atoms with van der Waals surface area (Å²) in [7, 11) is 0. The monoisotopic (exact) mass is 287 g/mol. The van der Waals surface area contributed by atoms with E-state index < -0.39 is 0 Å². The first kappa shape index (κ1) is 14.0. The van der Waals surface area contributed by atoms with Crippen LogP contribution >= 0.6 is 0 Å². The van der Waals surface area contributed by atoms with Crippen molar-refractivity contribution in [3.05, 3.63) is 46.6 Å². The van der Waals surface area contributed by atoms with E-state index in [1.54, 1.807) is 23.0 Å². The second kappa shape index (κ2) is 6.22. The Kier molecular flexibility index (Phi) is 4.15. The smallest absolute Gasteiger partial charge is 0.266 e. The summed E-state index contributed by atoms with van der Waals surface area (Å²) >= 11 is 0. The van der Waals surface area contributed by atoms with Gasteiger partial charge in [-0.1, -0.05) is 0 Å². The van der Waals surface area contributed by atoms with E-state index in [0.29, 0.717) is 12.6 Å². The quantitative estimate of drug-likeness (QED) is 0.820. The van der Waals surface area contributed by atoms with Gasteiger partial charge in [0.25, 0.3) is 5.56 Å². The van der Waals surface area contributed by atoms with Crippen LogP contribution in [-0.4, -0.2) is 43.6 Å². The molecule has 0 radical (unpaired) electrons. The summed E-state index contributed by atoms with van der Waals surface area (Å²) in [5, 5.41) is 8.48. The van der Waals surface area contributed by atoms with Crippen molar-refractivity contribution in [2.24, 2.45) is 0 Å². The van der Waals surface area contributed by atoms with Gasteiger partial charge in [0.2, 0.25) is 0 Å². The SMILES string of the molecule is Cc1cnn(CCN2CCCC2Cn2ncccc2=O)c1. The van der Waals surface area contributed by atoms with Crippen LogP contribution in [0.1, 0.15) is 18.4 Å². The number of hydrogen-bond acceptors (Lipinski definition) is 4. The summed E-state index contributed by atoms with van der Waals surface area (Å²) in [6, 6.07) is 3.65. The maximum absolute atomic E-state index is 11.8. The van der Waals surface area contributed by atoms with E-state index in [9.17, 15) is 4.79 Å². The van der Waals surface area contributed by atoms with Crippen molar-refractivity contribution in [3.63, 3.8) is 0 Å². The lowest BCUT2D eigenvalue weighted by Crippen LogP contribution is -2.38. The van der Waals surface area contributed by atoms with Crippen LogP contribution in [0.4, 0.5) is 0 Å². The average Bonchev–Trinajstić information content (AvgIpc) is 3.08. The molecule has 1 atom stereocenters. The molecule has 0 amide bonds. The predicted molar refractivity (Wildman–Crippen MR) is 80.1 cm³/mol. The van der Waals surface area contributed by atoms with E-state index in [0.717, 1.165) is 26.1 Å². The summed E-state index contributed by atoms with van der Waals surface area (Å²) in [4.78, 5) is 14.2. The minimum Gasteiger partial charge on any atom is -0.297 e. The van der Waals surface area contributed by atoms with E-state index in [1.165, 1.54) is 12.0 Å². The summed E-state index contributed by atoms with van der Waals surface area (Å²) < 4.78 is 3.55. The summed E-state index contributed by atoms with van der Waals surface area (Å²) in [5.41, 5.74) is 1.17. The molecule has 0 N–H and O–H groups in total. The van der Waals surface area contributed by atoms with Gasteiger partial charge in [-0.2, -0.15) is 10.2 Å². The van der Waals surface area contributed by atoms with Gasteiger partial charge in [-0.05, 0) is 37.9 Å². The summed E-state index contributed by atoms with van der Waals surface area (Å²) in [6.45, 7) is 5.68. The van der Waals surface area contributed by atoms with Crippen molar-refractivity contribution in [1.29, 1.82) is 0 Å². The zero-order chi connectivity index (χ0) is 14.7. The van der Waals surface area contributed by atoms with Crippen LogP contribution in [0.2, 0.25) is 0 Å². The highest BCUT2D eigenvalue weighted by Crippen LogP contribution is 2.18. The van der Waals surface area contributed by atoms with Crippen molar-refractivity contribution in [3.8, 4) is 0 Å². The van der Waals surface area contributed by atoms with Gasteiger partial charge in [0.1, 0.15) is 0 Å². The Bertz CT molecular complexity index is 647. The van der Waals surface area contributed by atoms with E-state index >= 15 is 0 Å². The molecular weight excluding hydrogens is 266 g/mol.